The fraction of sp³-hybridized carbons (Fsp3) is 0.722. The number of allylic oxidation sites excluding steroid dienone is 6. The molecule has 0 aromatic carbocycles. The first-order valence-electron chi connectivity index (χ1n) is 24.8. The molecule has 2 N–H and O–H groups in total. The van der Waals surface area contributed by atoms with Crippen molar-refractivity contribution in [3.63, 3.8) is 0 Å². The van der Waals surface area contributed by atoms with Crippen LogP contribution in [0, 0.1) is 53.5 Å². The molecule has 374 valence electrons. The van der Waals surface area contributed by atoms with Crippen LogP contribution in [0.2, 0.25) is 0 Å². The summed E-state index contributed by atoms with van der Waals surface area (Å²) in [6.07, 6.45) is 15.7. The van der Waals surface area contributed by atoms with Crippen LogP contribution in [0.15, 0.2) is 47.6 Å². The molecule has 0 aromatic rings. The van der Waals surface area contributed by atoms with Crippen LogP contribution in [-0.2, 0) is 47.7 Å². The van der Waals surface area contributed by atoms with Crippen molar-refractivity contribution in [1.29, 1.82) is 0 Å². The van der Waals surface area contributed by atoms with E-state index < -0.39 is 77.8 Å². The first-order chi connectivity index (χ1) is 31.7. The average molecular weight is 936 g/mol. The van der Waals surface area contributed by atoms with Crippen molar-refractivity contribution in [2.45, 2.75) is 188 Å². The second kappa shape index (κ2) is 26.2. The van der Waals surface area contributed by atoms with Crippen molar-refractivity contribution in [2.75, 3.05) is 20.8 Å². The molecule has 0 radical (unpaired) electrons. The Labute approximate surface area is 400 Å². The van der Waals surface area contributed by atoms with Crippen LogP contribution >= 0.6 is 0 Å². The molecule has 1 aliphatic carbocycles. The van der Waals surface area contributed by atoms with Gasteiger partial charge in [0.25, 0.3) is 11.7 Å². The number of nitrogens with zero attached hydrogens (tertiary/aromatic N) is 1. The van der Waals surface area contributed by atoms with Gasteiger partial charge < -0.3 is 38.8 Å². The number of fused-ring (bicyclic) bond motifs is 3. The molecule has 2 saturated heterocycles. The molecule has 4 aliphatic rings. The Balaban J connectivity index is 1.72. The number of hydrogen-bond acceptors (Lipinski definition) is 12. The summed E-state index contributed by atoms with van der Waals surface area (Å²) in [6, 6.07) is -1.12. The standard InChI is InChI=1S/C54H81NO12/c1-12-26-65-46-31-42-24-22-40(9)54(62,67-42)51(59)52(60)55-25-17-16-20-43(55)53(61)66-47(37(6)29-41-23-21-35(4)45(30-41)63-10)32-44(56)36(5)28-39(8)49(58)50(64-11)48(57)38(7)27-33(2)18-14-13-15-19-34(46)3/h13-15,18-19,28,33,35-38,40-43,45-47,49-50,58,62H,16-17,20-25,27,29-32H2,1-11H3/b15-13?,18-14+,34-19?,39-28+/t33?,35?,36?,37?,38-,40-,41?,42?,43+,45?,46?,47?,49?,50?,54?/m1/s1. The van der Waals surface area contributed by atoms with Gasteiger partial charge in [-0.25, -0.2) is 4.79 Å². The summed E-state index contributed by atoms with van der Waals surface area (Å²) in [5.74, 6) is -4.51. The van der Waals surface area contributed by atoms with Crippen LogP contribution in [0.3, 0.4) is 0 Å². The molecule has 3 heterocycles. The summed E-state index contributed by atoms with van der Waals surface area (Å²) in [5.41, 5.74) is 1.22. The SMILES string of the molecule is CC#COC1CC2CC[C@@H](C)C(O)(O2)C(=O)C(=O)N2CCCC[C@H]2C(=O)OC(C(C)CC2CCC(C)C(OC)C2)CC(=O)C(C)/C=C(\C)C(O)C(OC)C(=O)[C@H](C)CC(C)/C=C/C=CC=C1C. The van der Waals surface area contributed by atoms with Gasteiger partial charge in [0.2, 0.25) is 5.79 Å². The molecule has 67 heavy (non-hydrogen) atoms. The maximum Gasteiger partial charge on any atom is 0.329 e. The lowest BCUT2D eigenvalue weighted by molar-refractivity contribution is -0.265. The molecule has 3 aliphatic heterocycles. The van der Waals surface area contributed by atoms with Crippen molar-refractivity contribution >= 4 is 29.2 Å². The van der Waals surface area contributed by atoms with E-state index in [-0.39, 0.29) is 61.2 Å². The molecule has 0 aromatic heterocycles. The topological polar surface area (TPSA) is 175 Å². The lowest BCUT2D eigenvalue weighted by Gasteiger charge is -2.42. The lowest BCUT2D eigenvalue weighted by Crippen LogP contribution is -2.61. The van der Waals surface area contributed by atoms with Gasteiger partial charge in [-0.3, -0.25) is 19.2 Å². The van der Waals surface area contributed by atoms with Gasteiger partial charge >= 0.3 is 5.97 Å². The molecule has 1 amide bonds. The van der Waals surface area contributed by atoms with Gasteiger partial charge in [-0.05, 0) is 113 Å². The Hall–Kier alpha value is -3.93. The molecule has 3 fully saturated rings. The maximum atomic E-state index is 14.4. The highest BCUT2D eigenvalue weighted by Gasteiger charge is 2.53. The largest absolute Gasteiger partial charge is 0.460 e. The summed E-state index contributed by atoms with van der Waals surface area (Å²) < 4.78 is 29.8. The van der Waals surface area contributed by atoms with E-state index in [1.807, 2.05) is 58.1 Å². The quantitative estimate of drug-likeness (QED) is 0.115. The number of piperidine rings is 1. The Morgan fingerprint density at radius 1 is 0.896 bits per heavy atom. The Morgan fingerprint density at radius 2 is 1.63 bits per heavy atom. The number of carbonyl (C=O) groups is 5. The Morgan fingerprint density at radius 3 is 2.31 bits per heavy atom. The second-order valence-electron chi connectivity index (χ2n) is 20.2. The van der Waals surface area contributed by atoms with Crippen LogP contribution < -0.4 is 0 Å². The Kier molecular flexibility index (Phi) is 21.7. The van der Waals surface area contributed by atoms with E-state index in [0.29, 0.717) is 50.0 Å². The van der Waals surface area contributed by atoms with Crippen molar-refractivity contribution in [2.24, 2.45) is 41.4 Å². The van der Waals surface area contributed by atoms with Gasteiger partial charge in [0, 0.05) is 58.3 Å². The number of carbonyl (C=O) groups excluding carboxylic acids is 5. The summed E-state index contributed by atoms with van der Waals surface area (Å²) in [4.78, 5) is 72.2. The van der Waals surface area contributed by atoms with Crippen LogP contribution in [0.25, 0.3) is 0 Å². The number of aliphatic hydroxyl groups excluding tert-OH is 1. The maximum absolute atomic E-state index is 14.4. The van der Waals surface area contributed by atoms with E-state index in [1.54, 1.807) is 40.9 Å². The lowest BCUT2D eigenvalue weighted by atomic mass is 9.76. The van der Waals surface area contributed by atoms with Gasteiger partial charge in [0.05, 0.1) is 12.2 Å². The fourth-order valence-corrected chi connectivity index (χ4v) is 10.3. The Bertz CT molecular complexity index is 1890. The summed E-state index contributed by atoms with van der Waals surface area (Å²) in [6.45, 7) is 16.7. The number of methoxy groups -OCH3 is 2. The molecule has 13 nitrogen and oxygen atoms in total. The molecule has 4 rings (SSSR count). The molecule has 15 atom stereocenters. The van der Waals surface area contributed by atoms with E-state index in [4.69, 9.17) is 23.7 Å². The number of esters is 1. The predicted octanol–water partition coefficient (Wildman–Crippen LogP) is 7.81. The van der Waals surface area contributed by atoms with Crippen LogP contribution in [0.1, 0.15) is 139 Å². The minimum absolute atomic E-state index is 0.0111. The second-order valence-corrected chi connectivity index (χ2v) is 20.2. The van der Waals surface area contributed by atoms with Crippen LogP contribution in [0.4, 0.5) is 0 Å². The molecule has 1 saturated carbocycles. The number of rotatable bonds is 6. The van der Waals surface area contributed by atoms with Crippen LogP contribution in [-0.4, -0.2) is 114 Å². The summed E-state index contributed by atoms with van der Waals surface area (Å²) in [7, 11) is 3.11. The van der Waals surface area contributed by atoms with Gasteiger partial charge in [0.1, 0.15) is 42.3 Å². The van der Waals surface area contributed by atoms with Crippen molar-refractivity contribution in [1.82, 2.24) is 4.90 Å². The summed E-state index contributed by atoms with van der Waals surface area (Å²) >= 11 is 0. The number of amides is 1. The molecule has 2 bridgehead atoms. The fourth-order valence-electron chi connectivity index (χ4n) is 10.3. The van der Waals surface area contributed by atoms with Crippen LogP contribution in [0.5, 0.6) is 0 Å². The first kappa shape index (κ1) is 55.7. The molecular formula is C54H81NO12. The minimum atomic E-state index is -2.45. The third-order valence-electron chi connectivity index (χ3n) is 14.9. The van der Waals surface area contributed by atoms with E-state index in [9.17, 15) is 34.2 Å². The smallest absolute Gasteiger partial charge is 0.329 e. The summed E-state index contributed by atoms with van der Waals surface area (Å²) in [5, 5.41) is 23.5. The van der Waals surface area contributed by atoms with Crippen molar-refractivity contribution < 1.29 is 57.9 Å². The first-order valence-corrected chi connectivity index (χ1v) is 24.8. The monoisotopic (exact) mass is 936 g/mol. The van der Waals surface area contributed by atoms with Crippen molar-refractivity contribution in [3.05, 3.63) is 47.6 Å². The van der Waals surface area contributed by atoms with E-state index in [0.717, 1.165) is 24.8 Å². The molecule has 13 heteroatoms. The zero-order valence-electron chi connectivity index (χ0n) is 42.2. The minimum Gasteiger partial charge on any atom is -0.460 e. The number of ether oxygens (including phenoxy) is 5. The number of aliphatic hydroxyl groups is 2. The van der Waals surface area contributed by atoms with E-state index >= 15 is 0 Å². The zero-order chi connectivity index (χ0) is 49.6. The molecule has 12 unspecified atom stereocenters. The normalized spacial score (nSPS) is 38.0. The highest BCUT2D eigenvalue weighted by molar-refractivity contribution is 6.39. The number of ketones is 3. The van der Waals surface area contributed by atoms with Gasteiger partial charge in [-0.15, -0.1) is 0 Å². The molecular weight excluding hydrogens is 855 g/mol. The van der Waals surface area contributed by atoms with Gasteiger partial charge in [-0.1, -0.05) is 83.9 Å². The third kappa shape index (κ3) is 15.0. The van der Waals surface area contributed by atoms with E-state index in [2.05, 4.69) is 19.0 Å². The van der Waals surface area contributed by atoms with Gasteiger partial charge in [-0.2, -0.15) is 0 Å². The average Bonchev–Trinajstić information content (AvgIpc) is 3.30. The zero-order valence-corrected chi connectivity index (χ0v) is 42.2. The van der Waals surface area contributed by atoms with Gasteiger partial charge in [0.15, 0.2) is 5.78 Å². The highest BCUT2D eigenvalue weighted by Crippen LogP contribution is 2.38. The predicted molar refractivity (Wildman–Crippen MR) is 256 cm³/mol. The number of hydrogen-bond donors (Lipinski definition) is 2. The number of Topliss-reactive ketones (excluding diaryl/α,β-unsaturated/α-hetero) is 3. The number of cyclic esters (lactones) is 1. The highest BCUT2D eigenvalue weighted by atomic mass is 16.6. The molecule has 0 spiro atoms. The van der Waals surface area contributed by atoms with Crippen molar-refractivity contribution in [3.8, 4) is 12.0 Å². The third-order valence-corrected chi connectivity index (χ3v) is 14.9. The van der Waals surface area contributed by atoms with E-state index in [1.165, 1.54) is 12.0 Å².